The Morgan fingerprint density at radius 1 is 1.43 bits per heavy atom. The van der Waals surface area contributed by atoms with Gasteiger partial charge in [0.2, 0.25) is 11.8 Å². The van der Waals surface area contributed by atoms with Crippen LogP contribution in [0.25, 0.3) is 0 Å². The Morgan fingerprint density at radius 3 is 2.48 bits per heavy atom. The highest BCUT2D eigenvalue weighted by Gasteiger charge is 2.62. The molecule has 2 saturated heterocycles. The predicted molar refractivity (Wildman–Crippen MR) is 75.0 cm³/mol. The van der Waals surface area contributed by atoms with Crippen molar-refractivity contribution >= 4 is 17.7 Å². The van der Waals surface area contributed by atoms with Crippen LogP contribution in [0.15, 0.2) is 12.3 Å². The number of rotatable bonds is 4. The molecule has 2 aliphatic heterocycles. The normalized spacial score (nSPS) is 26.1. The molecule has 116 valence electrons. The Balaban J connectivity index is 2.21. The van der Waals surface area contributed by atoms with Crippen molar-refractivity contribution in [1.82, 2.24) is 9.80 Å². The van der Waals surface area contributed by atoms with Crippen molar-refractivity contribution in [2.45, 2.75) is 38.3 Å². The highest BCUT2D eigenvalue weighted by molar-refractivity contribution is 6.01. The van der Waals surface area contributed by atoms with E-state index in [1.54, 1.807) is 18.7 Å². The van der Waals surface area contributed by atoms with E-state index in [4.69, 9.17) is 5.73 Å². The molecular formula is C14H21N3O4. The Labute approximate surface area is 123 Å². The first-order chi connectivity index (χ1) is 9.72. The first kappa shape index (κ1) is 15.3. The van der Waals surface area contributed by atoms with Crippen LogP contribution in [0, 0.1) is 5.92 Å². The van der Waals surface area contributed by atoms with Gasteiger partial charge in [-0.15, -0.1) is 0 Å². The largest absolute Gasteiger partial charge is 0.510 e. The van der Waals surface area contributed by atoms with Crippen LogP contribution < -0.4 is 5.73 Å². The van der Waals surface area contributed by atoms with Gasteiger partial charge in [0.05, 0.1) is 6.54 Å². The number of primary amides is 1. The zero-order valence-corrected chi connectivity index (χ0v) is 12.3. The van der Waals surface area contributed by atoms with Gasteiger partial charge in [-0.05, 0) is 12.8 Å². The summed E-state index contributed by atoms with van der Waals surface area (Å²) in [4.78, 5) is 39.0. The molecule has 2 rings (SSSR count). The van der Waals surface area contributed by atoms with E-state index in [-0.39, 0.29) is 24.3 Å². The second kappa shape index (κ2) is 5.05. The highest BCUT2D eigenvalue weighted by atomic mass is 16.3. The third kappa shape index (κ3) is 2.16. The number of hydrogen-bond acceptors (Lipinski definition) is 4. The average molecular weight is 295 g/mol. The van der Waals surface area contributed by atoms with E-state index in [2.05, 4.69) is 6.58 Å². The van der Waals surface area contributed by atoms with E-state index >= 15 is 0 Å². The molecule has 7 nitrogen and oxygen atoms in total. The number of β-lactam (4-membered cyclic amide) rings is 1. The SMILES string of the molecule is C=C(O)[C@@H](C(N)=O)N1C[C@]2(CCCN2C(=O)C(C)C)C1=O. The summed E-state index contributed by atoms with van der Waals surface area (Å²) in [5, 5.41) is 9.46. The second-order valence-corrected chi connectivity index (χ2v) is 6.01. The molecule has 0 aromatic heterocycles. The molecule has 3 amide bonds. The summed E-state index contributed by atoms with van der Waals surface area (Å²) >= 11 is 0. The smallest absolute Gasteiger partial charge is 0.251 e. The van der Waals surface area contributed by atoms with Crippen molar-refractivity contribution in [3.63, 3.8) is 0 Å². The van der Waals surface area contributed by atoms with Crippen molar-refractivity contribution in [2.24, 2.45) is 11.7 Å². The molecule has 0 unspecified atom stereocenters. The zero-order chi connectivity index (χ0) is 15.9. The van der Waals surface area contributed by atoms with Crippen LogP contribution in [0.1, 0.15) is 26.7 Å². The van der Waals surface area contributed by atoms with Gasteiger partial charge in [-0.25, -0.2) is 0 Å². The number of carbonyl (C=O) groups excluding carboxylic acids is 3. The minimum absolute atomic E-state index is 0.0704. The second-order valence-electron chi connectivity index (χ2n) is 6.01. The molecule has 7 heteroatoms. The number of likely N-dealkylation sites (tertiary alicyclic amines) is 2. The van der Waals surface area contributed by atoms with Crippen LogP contribution >= 0.6 is 0 Å². The standard InChI is InChI=1S/C14H21N3O4/c1-8(2)12(20)17-6-4-5-14(17)7-16(13(14)21)10(9(3)18)11(15)19/h8,10,18H,3-7H2,1-2H3,(H2,15,19)/t10-,14+/m0/s1. The Hall–Kier alpha value is -2.05. The van der Waals surface area contributed by atoms with Gasteiger partial charge in [0.15, 0.2) is 6.04 Å². The number of nitrogens with two attached hydrogens (primary N) is 1. The maximum atomic E-state index is 12.5. The number of aliphatic hydroxyl groups is 1. The minimum atomic E-state index is -1.22. The van der Waals surface area contributed by atoms with Gasteiger partial charge in [-0.1, -0.05) is 20.4 Å². The predicted octanol–water partition coefficient (Wildman–Crippen LogP) is -0.229. The van der Waals surface area contributed by atoms with Gasteiger partial charge in [0.25, 0.3) is 5.91 Å². The zero-order valence-electron chi connectivity index (χ0n) is 12.3. The highest BCUT2D eigenvalue weighted by Crippen LogP contribution is 2.41. The average Bonchev–Trinajstić information content (AvgIpc) is 2.82. The molecule has 0 saturated carbocycles. The topological polar surface area (TPSA) is 104 Å². The molecule has 21 heavy (non-hydrogen) atoms. The molecule has 0 radical (unpaired) electrons. The van der Waals surface area contributed by atoms with Crippen molar-refractivity contribution in [2.75, 3.05) is 13.1 Å². The van der Waals surface area contributed by atoms with Crippen molar-refractivity contribution in [1.29, 1.82) is 0 Å². The molecule has 2 atom stereocenters. The van der Waals surface area contributed by atoms with Crippen LogP contribution in [-0.4, -0.2) is 57.3 Å². The molecule has 1 spiro atoms. The summed E-state index contributed by atoms with van der Waals surface area (Å²) in [6.07, 6.45) is 1.32. The lowest BCUT2D eigenvalue weighted by atomic mass is 9.83. The number of nitrogens with zero attached hydrogens (tertiary/aromatic N) is 2. The molecule has 0 aromatic carbocycles. The fourth-order valence-electron chi connectivity index (χ4n) is 3.20. The van der Waals surface area contributed by atoms with Gasteiger partial charge in [-0.3, -0.25) is 14.4 Å². The van der Waals surface area contributed by atoms with Crippen LogP contribution in [-0.2, 0) is 14.4 Å². The summed E-state index contributed by atoms with van der Waals surface area (Å²) in [6.45, 7) is 7.61. The van der Waals surface area contributed by atoms with Crippen molar-refractivity contribution in [3.8, 4) is 0 Å². The minimum Gasteiger partial charge on any atom is -0.510 e. The molecule has 0 aromatic rings. The van der Waals surface area contributed by atoms with Crippen molar-refractivity contribution in [3.05, 3.63) is 12.3 Å². The molecule has 0 bridgehead atoms. The van der Waals surface area contributed by atoms with Gasteiger partial charge < -0.3 is 20.6 Å². The van der Waals surface area contributed by atoms with E-state index in [1.165, 1.54) is 4.90 Å². The van der Waals surface area contributed by atoms with E-state index < -0.39 is 23.2 Å². The molecule has 2 aliphatic rings. The van der Waals surface area contributed by atoms with Crippen molar-refractivity contribution < 1.29 is 19.5 Å². The molecular weight excluding hydrogens is 274 g/mol. The molecule has 2 heterocycles. The fourth-order valence-corrected chi connectivity index (χ4v) is 3.20. The van der Waals surface area contributed by atoms with Crippen LogP contribution in [0.3, 0.4) is 0 Å². The van der Waals surface area contributed by atoms with Gasteiger partial charge in [-0.2, -0.15) is 0 Å². The van der Waals surface area contributed by atoms with E-state index in [0.29, 0.717) is 13.0 Å². The Kier molecular flexibility index (Phi) is 3.69. The summed E-state index contributed by atoms with van der Waals surface area (Å²) in [6, 6.07) is -1.22. The molecule has 0 aliphatic carbocycles. The van der Waals surface area contributed by atoms with Gasteiger partial charge in [0, 0.05) is 12.5 Å². The van der Waals surface area contributed by atoms with E-state index in [1.807, 2.05) is 0 Å². The number of hydrogen-bond donors (Lipinski definition) is 2. The monoisotopic (exact) mass is 295 g/mol. The van der Waals surface area contributed by atoms with E-state index in [9.17, 15) is 19.5 Å². The van der Waals surface area contributed by atoms with E-state index in [0.717, 1.165) is 6.42 Å². The lowest BCUT2D eigenvalue weighted by Gasteiger charge is -2.53. The lowest BCUT2D eigenvalue weighted by molar-refractivity contribution is -0.173. The summed E-state index contributed by atoms with van der Waals surface area (Å²) in [5.74, 6) is -1.88. The number of aliphatic hydroxyl groups excluding tert-OH is 1. The molecule has 2 fully saturated rings. The third-order valence-electron chi connectivity index (χ3n) is 4.24. The number of amides is 3. The third-order valence-corrected chi connectivity index (χ3v) is 4.24. The van der Waals surface area contributed by atoms with Crippen LogP contribution in [0.2, 0.25) is 0 Å². The Morgan fingerprint density at radius 2 is 2.05 bits per heavy atom. The lowest BCUT2D eigenvalue weighted by Crippen LogP contribution is -2.76. The van der Waals surface area contributed by atoms with Gasteiger partial charge >= 0.3 is 0 Å². The fraction of sp³-hybridized carbons (Fsp3) is 0.643. The molecule has 3 N–H and O–H groups in total. The first-order valence-electron chi connectivity index (χ1n) is 7.02. The summed E-state index contributed by atoms with van der Waals surface area (Å²) < 4.78 is 0. The number of carbonyl (C=O) groups is 3. The first-order valence-corrected chi connectivity index (χ1v) is 7.02. The quantitative estimate of drug-likeness (QED) is 0.552. The van der Waals surface area contributed by atoms with Crippen LogP contribution in [0.5, 0.6) is 0 Å². The summed E-state index contributed by atoms with van der Waals surface area (Å²) in [7, 11) is 0. The summed E-state index contributed by atoms with van der Waals surface area (Å²) in [5.41, 5.74) is 4.34. The maximum absolute atomic E-state index is 12.5. The van der Waals surface area contributed by atoms with Crippen LogP contribution in [0.4, 0.5) is 0 Å². The van der Waals surface area contributed by atoms with Gasteiger partial charge in [0.1, 0.15) is 11.3 Å². The maximum Gasteiger partial charge on any atom is 0.251 e. The Bertz CT molecular complexity index is 502.